The first-order chi connectivity index (χ1) is 9.68. The normalized spacial score (nSPS) is 11.8. The lowest BCUT2D eigenvalue weighted by Gasteiger charge is -2.19. The van der Waals surface area contributed by atoms with E-state index in [0.717, 1.165) is 6.54 Å². The molecule has 2 rings (SSSR count). The van der Waals surface area contributed by atoms with E-state index in [4.69, 9.17) is 0 Å². The van der Waals surface area contributed by atoms with E-state index < -0.39 is 0 Å². The highest BCUT2D eigenvalue weighted by Crippen LogP contribution is 2.26. The minimum atomic E-state index is 0.0651. The van der Waals surface area contributed by atoms with Gasteiger partial charge in [-0.05, 0) is 31.9 Å². The van der Waals surface area contributed by atoms with Gasteiger partial charge in [0.05, 0.1) is 5.69 Å². The first-order valence-electron chi connectivity index (χ1n) is 7.53. The molecule has 1 N–H and O–H groups in total. The molecule has 2 aromatic rings. The zero-order valence-corrected chi connectivity index (χ0v) is 14.3. The van der Waals surface area contributed by atoms with Crippen molar-refractivity contribution in [3.8, 4) is 0 Å². The maximum absolute atomic E-state index is 4.63. The van der Waals surface area contributed by atoms with Crippen molar-refractivity contribution in [2.24, 2.45) is 7.05 Å². The molecule has 0 atom stereocenters. The topological polar surface area (TPSA) is 29.9 Å². The second kappa shape index (κ2) is 5.55. The predicted molar refractivity (Wildman–Crippen MR) is 89.9 cm³/mol. The summed E-state index contributed by atoms with van der Waals surface area (Å²) < 4.78 is 1.91. The summed E-state index contributed by atoms with van der Waals surface area (Å²) >= 11 is 0. The molecule has 1 aromatic carbocycles. The zero-order chi connectivity index (χ0) is 15.8. The molecule has 114 valence electrons. The lowest BCUT2D eigenvalue weighted by molar-refractivity contribution is 0.549. The predicted octanol–water partition coefficient (Wildman–Crippen LogP) is 4.25. The van der Waals surface area contributed by atoms with E-state index in [0.29, 0.717) is 0 Å². The van der Waals surface area contributed by atoms with E-state index in [2.05, 4.69) is 70.3 Å². The summed E-state index contributed by atoms with van der Waals surface area (Å²) in [4.78, 5) is 0. The van der Waals surface area contributed by atoms with Gasteiger partial charge >= 0.3 is 0 Å². The second-order valence-electron chi connectivity index (χ2n) is 7.05. The molecule has 3 nitrogen and oxygen atoms in total. The number of aromatic nitrogens is 2. The number of nitrogens with one attached hydrogen (secondary N) is 1. The third kappa shape index (κ3) is 3.46. The molecule has 0 aliphatic heterocycles. The van der Waals surface area contributed by atoms with Crippen LogP contribution in [0.3, 0.4) is 0 Å². The van der Waals surface area contributed by atoms with Gasteiger partial charge in [-0.15, -0.1) is 0 Å². The van der Waals surface area contributed by atoms with Crippen molar-refractivity contribution in [1.29, 1.82) is 0 Å². The smallest absolute Gasteiger partial charge is 0.0727 e. The van der Waals surface area contributed by atoms with Gasteiger partial charge in [-0.3, -0.25) is 4.68 Å². The Labute approximate surface area is 128 Å². The highest BCUT2D eigenvalue weighted by Gasteiger charge is 2.21. The lowest BCUT2D eigenvalue weighted by Crippen LogP contribution is -2.16. The Morgan fingerprint density at radius 1 is 1.10 bits per heavy atom. The van der Waals surface area contributed by atoms with Crippen LogP contribution in [0.5, 0.6) is 0 Å². The van der Waals surface area contributed by atoms with Crippen molar-refractivity contribution >= 4 is 5.69 Å². The summed E-state index contributed by atoms with van der Waals surface area (Å²) in [5.74, 6) is 0. The van der Waals surface area contributed by atoms with Crippen molar-refractivity contribution in [3.63, 3.8) is 0 Å². The fraction of sp³-hybridized carbons (Fsp3) is 0.500. The summed E-state index contributed by atoms with van der Waals surface area (Å²) in [5.41, 5.74) is 7.65. The Balaban J connectivity index is 2.25. The van der Waals surface area contributed by atoms with Gasteiger partial charge in [0.15, 0.2) is 0 Å². The number of hydrogen-bond donors (Lipinski definition) is 1. The Kier molecular flexibility index (Phi) is 4.13. The Morgan fingerprint density at radius 2 is 1.67 bits per heavy atom. The fourth-order valence-corrected chi connectivity index (χ4v) is 2.94. The quantitative estimate of drug-likeness (QED) is 0.913. The number of aryl methyl sites for hydroxylation is 4. The molecule has 0 radical (unpaired) electrons. The number of rotatable bonds is 3. The largest absolute Gasteiger partial charge is 0.380 e. The molecule has 0 aliphatic rings. The molecular formula is C18H27N3. The van der Waals surface area contributed by atoms with Crippen LogP contribution < -0.4 is 5.32 Å². The van der Waals surface area contributed by atoms with Gasteiger partial charge in [0.2, 0.25) is 0 Å². The van der Waals surface area contributed by atoms with E-state index in [1.165, 1.54) is 33.6 Å². The Morgan fingerprint density at radius 3 is 2.19 bits per heavy atom. The number of benzene rings is 1. The van der Waals surface area contributed by atoms with E-state index >= 15 is 0 Å². The van der Waals surface area contributed by atoms with Crippen LogP contribution in [0.15, 0.2) is 18.3 Å². The molecule has 0 bridgehead atoms. The van der Waals surface area contributed by atoms with Crippen LogP contribution in [0.4, 0.5) is 5.69 Å². The zero-order valence-electron chi connectivity index (χ0n) is 14.3. The van der Waals surface area contributed by atoms with Gasteiger partial charge in [-0.25, -0.2) is 0 Å². The van der Waals surface area contributed by atoms with E-state index in [-0.39, 0.29) is 5.41 Å². The molecule has 0 aliphatic carbocycles. The van der Waals surface area contributed by atoms with Crippen LogP contribution in [0.1, 0.15) is 48.7 Å². The first-order valence-corrected chi connectivity index (χ1v) is 7.53. The molecule has 0 amide bonds. The summed E-state index contributed by atoms with van der Waals surface area (Å²) in [7, 11) is 1.99. The molecule has 0 fully saturated rings. The van der Waals surface area contributed by atoms with Crippen LogP contribution in [-0.2, 0) is 19.0 Å². The maximum atomic E-state index is 4.63. The molecular weight excluding hydrogens is 258 g/mol. The van der Waals surface area contributed by atoms with Crippen molar-refractivity contribution in [1.82, 2.24) is 9.78 Å². The third-order valence-corrected chi connectivity index (χ3v) is 3.75. The lowest BCUT2D eigenvalue weighted by atomic mass is 9.89. The summed E-state index contributed by atoms with van der Waals surface area (Å²) in [6, 6.07) is 4.45. The molecule has 3 heteroatoms. The molecule has 21 heavy (non-hydrogen) atoms. The van der Waals surface area contributed by atoms with Gasteiger partial charge in [-0.2, -0.15) is 5.10 Å². The minimum Gasteiger partial charge on any atom is -0.380 e. The van der Waals surface area contributed by atoms with Gasteiger partial charge in [0, 0.05) is 36.5 Å². The number of nitrogens with zero attached hydrogens (tertiary/aromatic N) is 2. The van der Waals surface area contributed by atoms with Gasteiger partial charge in [-0.1, -0.05) is 38.5 Å². The second-order valence-corrected chi connectivity index (χ2v) is 7.05. The molecule has 1 aromatic heterocycles. The number of hydrogen-bond acceptors (Lipinski definition) is 2. The Bertz CT molecular complexity index is 622. The highest BCUT2D eigenvalue weighted by molar-refractivity contribution is 5.58. The monoisotopic (exact) mass is 285 g/mol. The van der Waals surface area contributed by atoms with E-state index in [1.807, 2.05) is 11.7 Å². The van der Waals surface area contributed by atoms with Crippen molar-refractivity contribution in [3.05, 3.63) is 46.3 Å². The van der Waals surface area contributed by atoms with Crippen LogP contribution >= 0.6 is 0 Å². The summed E-state index contributed by atoms with van der Waals surface area (Å²) in [5, 5.41) is 8.23. The van der Waals surface area contributed by atoms with Crippen LogP contribution in [0, 0.1) is 20.8 Å². The van der Waals surface area contributed by atoms with Crippen molar-refractivity contribution in [2.75, 3.05) is 5.32 Å². The number of anilines is 1. The van der Waals surface area contributed by atoms with E-state index in [1.54, 1.807) is 0 Å². The van der Waals surface area contributed by atoms with Crippen LogP contribution in [0.2, 0.25) is 0 Å². The van der Waals surface area contributed by atoms with E-state index in [9.17, 15) is 0 Å². The summed E-state index contributed by atoms with van der Waals surface area (Å²) in [6.07, 6.45) is 2.12. The van der Waals surface area contributed by atoms with Crippen molar-refractivity contribution in [2.45, 2.75) is 53.5 Å². The fourth-order valence-electron chi connectivity index (χ4n) is 2.94. The summed E-state index contributed by atoms with van der Waals surface area (Å²) in [6.45, 7) is 13.9. The Hall–Kier alpha value is -1.77. The SMILES string of the molecule is Cc1cc(C)c(NCc2cn(C)nc2C(C)(C)C)c(C)c1. The molecule has 0 saturated carbocycles. The van der Waals surface area contributed by atoms with Gasteiger partial charge < -0.3 is 5.32 Å². The van der Waals surface area contributed by atoms with Crippen molar-refractivity contribution < 1.29 is 0 Å². The minimum absolute atomic E-state index is 0.0651. The average molecular weight is 285 g/mol. The molecule has 0 spiro atoms. The maximum Gasteiger partial charge on any atom is 0.0727 e. The highest BCUT2D eigenvalue weighted by atomic mass is 15.3. The average Bonchev–Trinajstić information content (AvgIpc) is 2.69. The molecule has 0 unspecified atom stereocenters. The van der Waals surface area contributed by atoms with Gasteiger partial charge in [0.1, 0.15) is 0 Å². The molecule has 0 saturated heterocycles. The molecule has 1 heterocycles. The standard InChI is InChI=1S/C18H27N3/c1-12-8-13(2)16(14(3)9-12)19-10-15-11-21(7)20-17(15)18(4,5)6/h8-9,11,19H,10H2,1-7H3. The van der Waals surface area contributed by atoms with Crippen LogP contribution in [-0.4, -0.2) is 9.78 Å². The first kappa shape index (κ1) is 15.6. The third-order valence-electron chi connectivity index (χ3n) is 3.75. The van der Waals surface area contributed by atoms with Crippen LogP contribution in [0.25, 0.3) is 0 Å². The van der Waals surface area contributed by atoms with Gasteiger partial charge in [0.25, 0.3) is 0 Å².